The molecule has 2 N–H and O–H groups in total. The maximum atomic E-state index is 6.29. The molecule has 1 aliphatic carbocycles. The van der Waals surface area contributed by atoms with Gasteiger partial charge in [-0.1, -0.05) is 19.3 Å². The molecule has 0 aliphatic heterocycles. The van der Waals surface area contributed by atoms with E-state index in [2.05, 4.69) is 26.6 Å². The van der Waals surface area contributed by atoms with E-state index in [1.54, 1.807) is 0 Å². The van der Waals surface area contributed by atoms with Crippen LogP contribution in [0, 0.1) is 5.92 Å². The van der Waals surface area contributed by atoms with E-state index in [1.807, 2.05) is 0 Å². The van der Waals surface area contributed by atoms with Gasteiger partial charge in [-0.05, 0) is 45.3 Å². The summed E-state index contributed by atoms with van der Waals surface area (Å²) in [4.78, 5) is 0. The van der Waals surface area contributed by atoms with Crippen molar-refractivity contribution in [3.8, 4) is 0 Å². The summed E-state index contributed by atoms with van der Waals surface area (Å²) in [7, 11) is -1.50. The topological polar surface area (TPSA) is 35.2 Å². The zero-order chi connectivity index (χ0) is 10.8. The maximum Gasteiger partial charge on any atom is 0.186 e. The number of hydrogen-bond acceptors (Lipinski definition) is 2. The van der Waals surface area contributed by atoms with Crippen molar-refractivity contribution in [2.24, 2.45) is 11.7 Å². The molecule has 0 radical (unpaired) electrons. The highest BCUT2D eigenvalue weighted by Crippen LogP contribution is 2.33. The molecule has 1 saturated carbocycles. The van der Waals surface area contributed by atoms with E-state index < -0.39 is 8.32 Å². The largest absolute Gasteiger partial charge is 0.400 e. The van der Waals surface area contributed by atoms with E-state index in [9.17, 15) is 0 Å². The van der Waals surface area contributed by atoms with E-state index in [0.29, 0.717) is 5.92 Å². The van der Waals surface area contributed by atoms with Gasteiger partial charge in [0, 0.05) is 0 Å². The van der Waals surface area contributed by atoms with Gasteiger partial charge in [0.15, 0.2) is 8.32 Å². The van der Waals surface area contributed by atoms with Gasteiger partial charge >= 0.3 is 0 Å². The van der Waals surface area contributed by atoms with Crippen LogP contribution in [0.25, 0.3) is 0 Å². The first-order valence-corrected chi connectivity index (χ1v) is 9.21. The second kappa shape index (κ2) is 4.33. The molecule has 0 aromatic rings. The highest BCUT2D eigenvalue weighted by molar-refractivity contribution is 6.69. The van der Waals surface area contributed by atoms with Crippen LogP contribution >= 0.6 is 0 Å². The molecule has 1 unspecified atom stereocenters. The molecule has 0 saturated heterocycles. The third-order valence-electron chi connectivity index (χ3n) is 2.94. The Morgan fingerprint density at radius 1 is 1.14 bits per heavy atom. The first-order chi connectivity index (χ1) is 6.31. The predicted octanol–water partition coefficient (Wildman–Crippen LogP) is 3.09. The van der Waals surface area contributed by atoms with Crippen LogP contribution in [0.1, 0.15) is 39.0 Å². The van der Waals surface area contributed by atoms with Gasteiger partial charge in [0.25, 0.3) is 0 Å². The lowest BCUT2D eigenvalue weighted by Crippen LogP contribution is -2.53. The van der Waals surface area contributed by atoms with Gasteiger partial charge in [-0.25, -0.2) is 0 Å². The molecule has 14 heavy (non-hydrogen) atoms. The minimum absolute atomic E-state index is 0.384. The van der Waals surface area contributed by atoms with Crippen LogP contribution in [0.4, 0.5) is 0 Å². The fraction of sp³-hybridized carbons (Fsp3) is 1.00. The second-order valence-corrected chi connectivity index (χ2v) is 10.2. The van der Waals surface area contributed by atoms with E-state index in [4.69, 9.17) is 10.2 Å². The van der Waals surface area contributed by atoms with Crippen LogP contribution in [0.5, 0.6) is 0 Å². The molecule has 0 bridgehead atoms. The van der Waals surface area contributed by atoms with E-state index >= 15 is 0 Å². The molecule has 0 amide bonds. The van der Waals surface area contributed by atoms with Crippen LogP contribution in [-0.2, 0) is 4.43 Å². The van der Waals surface area contributed by atoms with Gasteiger partial charge in [0.2, 0.25) is 0 Å². The molecular formula is C11H25NOSi. The summed E-state index contributed by atoms with van der Waals surface area (Å²) < 4.78 is 6.08. The molecule has 0 spiro atoms. The van der Waals surface area contributed by atoms with Crippen molar-refractivity contribution < 1.29 is 4.43 Å². The third-order valence-corrected chi connectivity index (χ3v) is 3.99. The Bertz CT molecular complexity index is 180. The van der Waals surface area contributed by atoms with Crippen molar-refractivity contribution in [1.82, 2.24) is 0 Å². The summed E-state index contributed by atoms with van der Waals surface area (Å²) in [6.45, 7) is 8.70. The molecule has 0 aromatic heterocycles. The molecule has 84 valence electrons. The van der Waals surface area contributed by atoms with Crippen LogP contribution in [0.15, 0.2) is 0 Å². The first-order valence-electron chi connectivity index (χ1n) is 5.80. The zero-order valence-corrected chi connectivity index (χ0v) is 11.1. The van der Waals surface area contributed by atoms with Crippen LogP contribution in [0.3, 0.4) is 0 Å². The SMILES string of the molecule is CC(N)(O[Si](C)(C)C)C1CCCCC1. The van der Waals surface area contributed by atoms with Crippen LogP contribution < -0.4 is 5.73 Å². The van der Waals surface area contributed by atoms with Crippen molar-refractivity contribution in [3.05, 3.63) is 0 Å². The summed E-state index contributed by atoms with van der Waals surface area (Å²) in [5.41, 5.74) is 5.91. The Hall–Kier alpha value is 0.137. The summed E-state index contributed by atoms with van der Waals surface area (Å²) in [5.74, 6) is 0.572. The molecule has 2 nitrogen and oxygen atoms in total. The molecule has 1 aliphatic rings. The highest BCUT2D eigenvalue weighted by atomic mass is 28.4. The molecule has 0 aromatic carbocycles. The Kier molecular flexibility index (Phi) is 3.78. The van der Waals surface area contributed by atoms with Crippen molar-refractivity contribution in [1.29, 1.82) is 0 Å². The fourth-order valence-corrected chi connectivity index (χ4v) is 3.91. The van der Waals surface area contributed by atoms with E-state index in [-0.39, 0.29) is 5.72 Å². The Morgan fingerprint density at radius 3 is 2.07 bits per heavy atom. The van der Waals surface area contributed by atoms with Gasteiger partial charge in [-0.3, -0.25) is 0 Å². The van der Waals surface area contributed by atoms with Crippen molar-refractivity contribution >= 4 is 8.32 Å². The monoisotopic (exact) mass is 215 g/mol. The summed E-state index contributed by atoms with van der Waals surface area (Å²) >= 11 is 0. The van der Waals surface area contributed by atoms with Crippen LogP contribution in [-0.4, -0.2) is 14.0 Å². The van der Waals surface area contributed by atoms with Gasteiger partial charge in [-0.2, -0.15) is 0 Å². The lowest BCUT2D eigenvalue weighted by Gasteiger charge is -2.40. The van der Waals surface area contributed by atoms with E-state index in [1.165, 1.54) is 32.1 Å². The third kappa shape index (κ3) is 3.71. The predicted molar refractivity (Wildman–Crippen MR) is 63.6 cm³/mol. The normalized spacial score (nSPS) is 24.6. The first kappa shape index (κ1) is 12.2. The highest BCUT2D eigenvalue weighted by Gasteiger charge is 2.35. The summed E-state index contributed by atoms with van der Waals surface area (Å²) in [5, 5.41) is 0. The van der Waals surface area contributed by atoms with Crippen LogP contribution in [0.2, 0.25) is 19.6 Å². The zero-order valence-electron chi connectivity index (χ0n) is 10.1. The average molecular weight is 215 g/mol. The molecule has 1 atom stereocenters. The number of rotatable bonds is 3. The number of hydrogen-bond donors (Lipinski definition) is 1. The smallest absolute Gasteiger partial charge is 0.186 e. The van der Waals surface area contributed by atoms with Crippen molar-refractivity contribution in [2.75, 3.05) is 0 Å². The maximum absolute atomic E-state index is 6.29. The van der Waals surface area contributed by atoms with Crippen molar-refractivity contribution in [2.45, 2.75) is 64.4 Å². The number of nitrogens with two attached hydrogens (primary N) is 1. The fourth-order valence-electron chi connectivity index (χ4n) is 2.42. The quantitative estimate of drug-likeness (QED) is 0.580. The molecular weight excluding hydrogens is 190 g/mol. The van der Waals surface area contributed by atoms with E-state index in [0.717, 1.165) is 0 Å². The molecule has 1 rings (SSSR count). The Balaban J connectivity index is 2.54. The van der Waals surface area contributed by atoms with Gasteiger partial charge in [0.1, 0.15) is 5.72 Å². The minimum Gasteiger partial charge on any atom is -0.400 e. The van der Waals surface area contributed by atoms with Gasteiger partial charge in [-0.15, -0.1) is 0 Å². The Labute approximate surface area is 89.3 Å². The lowest BCUT2D eigenvalue weighted by molar-refractivity contribution is 0.00675. The van der Waals surface area contributed by atoms with Gasteiger partial charge in [0.05, 0.1) is 0 Å². The molecule has 3 heteroatoms. The lowest BCUT2D eigenvalue weighted by atomic mass is 9.83. The Morgan fingerprint density at radius 2 is 1.64 bits per heavy atom. The minimum atomic E-state index is -1.50. The molecule has 0 heterocycles. The summed E-state index contributed by atoms with van der Waals surface area (Å²) in [6, 6.07) is 0. The molecule has 1 fully saturated rings. The van der Waals surface area contributed by atoms with Gasteiger partial charge < -0.3 is 10.2 Å². The average Bonchev–Trinajstić information content (AvgIpc) is 2.01. The second-order valence-electron chi connectivity index (χ2n) is 5.73. The van der Waals surface area contributed by atoms with Crippen molar-refractivity contribution in [3.63, 3.8) is 0 Å². The summed E-state index contributed by atoms with van der Waals surface area (Å²) in [6.07, 6.45) is 6.52. The standard InChI is InChI=1S/C11H25NOSi/c1-11(12,13-14(2,3)4)10-8-6-5-7-9-10/h10H,5-9,12H2,1-4H3.